The number of nitrogens with zero attached hydrogens (tertiary/aromatic N) is 1. The molecule has 0 amide bonds. The van der Waals surface area contributed by atoms with Crippen LogP contribution in [0.1, 0.15) is 5.56 Å². The Hall–Kier alpha value is -1.67. The van der Waals surface area contributed by atoms with Crippen molar-refractivity contribution in [1.82, 2.24) is 4.98 Å². The lowest BCUT2D eigenvalue weighted by Crippen LogP contribution is -2.10. The second kappa shape index (κ2) is 5.85. The maximum Gasteiger partial charge on any atom is 0.339 e. The summed E-state index contributed by atoms with van der Waals surface area (Å²) in [6, 6.07) is 13.7. The van der Waals surface area contributed by atoms with Gasteiger partial charge in [0.05, 0.1) is 0 Å². The number of aryl methyl sites for hydroxylation is 1. The third-order valence-corrected chi connectivity index (χ3v) is 5.38. The summed E-state index contributed by atoms with van der Waals surface area (Å²) in [6.07, 6.45) is 1.61. The van der Waals surface area contributed by atoms with Crippen LogP contribution in [-0.2, 0) is 10.1 Å². The van der Waals surface area contributed by atoms with Crippen LogP contribution in [0.25, 0.3) is 10.9 Å². The number of aromatic nitrogens is 1. The van der Waals surface area contributed by atoms with Gasteiger partial charge in [-0.25, -0.2) is 0 Å². The van der Waals surface area contributed by atoms with Crippen LogP contribution in [0.3, 0.4) is 0 Å². The van der Waals surface area contributed by atoms with Gasteiger partial charge in [0, 0.05) is 15.2 Å². The molecular formula is C16H12INO3S. The van der Waals surface area contributed by atoms with E-state index in [9.17, 15) is 8.42 Å². The first-order valence-corrected chi connectivity index (χ1v) is 9.00. The fourth-order valence-corrected chi connectivity index (χ4v) is 3.60. The van der Waals surface area contributed by atoms with Crippen LogP contribution in [0, 0.1) is 10.5 Å². The third kappa shape index (κ3) is 2.93. The molecule has 1 heterocycles. The molecule has 112 valence electrons. The monoisotopic (exact) mass is 425 g/mol. The Morgan fingerprint density at radius 3 is 2.50 bits per heavy atom. The molecule has 1 aromatic heterocycles. The topological polar surface area (TPSA) is 56.3 Å². The quantitative estimate of drug-likeness (QED) is 0.472. The molecule has 0 aliphatic heterocycles. The van der Waals surface area contributed by atoms with Gasteiger partial charge in [-0.2, -0.15) is 8.42 Å². The minimum absolute atomic E-state index is 0.126. The lowest BCUT2D eigenvalue weighted by Gasteiger charge is -2.10. The van der Waals surface area contributed by atoms with E-state index in [1.54, 1.807) is 24.4 Å². The molecule has 0 saturated carbocycles. The highest BCUT2D eigenvalue weighted by Crippen LogP contribution is 2.29. The number of rotatable bonds is 3. The van der Waals surface area contributed by atoms with E-state index in [2.05, 4.69) is 27.6 Å². The van der Waals surface area contributed by atoms with Crippen LogP contribution >= 0.6 is 22.6 Å². The Balaban J connectivity index is 2.06. The molecule has 0 spiro atoms. The van der Waals surface area contributed by atoms with E-state index in [0.29, 0.717) is 5.52 Å². The van der Waals surface area contributed by atoms with Crippen molar-refractivity contribution < 1.29 is 12.6 Å². The van der Waals surface area contributed by atoms with Crippen molar-refractivity contribution >= 4 is 43.6 Å². The normalized spacial score (nSPS) is 11.5. The van der Waals surface area contributed by atoms with Crippen molar-refractivity contribution in [2.24, 2.45) is 0 Å². The highest BCUT2D eigenvalue weighted by atomic mass is 127. The Kier molecular flexibility index (Phi) is 4.05. The van der Waals surface area contributed by atoms with Crippen LogP contribution in [0.2, 0.25) is 0 Å². The summed E-state index contributed by atoms with van der Waals surface area (Å²) < 4.78 is 31.1. The number of fused-ring (bicyclic) bond motifs is 1. The Morgan fingerprint density at radius 2 is 1.77 bits per heavy atom. The highest BCUT2D eigenvalue weighted by molar-refractivity contribution is 14.1. The van der Waals surface area contributed by atoms with Crippen molar-refractivity contribution in [3.63, 3.8) is 0 Å². The minimum Gasteiger partial charge on any atom is -0.377 e. The van der Waals surface area contributed by atoms with Gasteiger partial charge in [-0.3, -0.25) is 4.98 Å². The smallest absolute Gasteiger partial charge is 0.339 e. The molecule has 6 heteroatoms. The van der Waals surface area contributed by atoms with Crippen molar-refractivity contribution in [2.75, 3.05) is 0 Å². The van der Waals surface area contributed by atoms with Crippen LogP contribution in [-0.4, -0.2) is 13.4 Å². The zero-order chi connectivity index (χ0) is 15.7. The van der Waals surface area contributed by atoms with Crippen molar-refractivity contribution in [1.29, 1.82) is 0 Å². The van der Waals surface area contributed by atoms with E-state index in [4.69, 9.17) is 4.18 Å². The van der Waals surface area contributed by atoms with Gasteiger partial charge < -0.3 is 4.18 Å². The summed E-state index contributed by atoms with van der Waals surface area (Å²) in [6.45, 7) is 1.90. The summed E-state index contributed by atoms with van der Waals surface area (Å²) >= 11 is 2.18. The van der Waals surface area contributed by atoms with Crippen LogP contribution in [0.15, 0.2) is 59.6 Å². The first kappa shape index (κ1) is 15.2. The second-order valence-corrected chi connectivity index (χ2v) is 7.50. The fraction of sp³-hybridized carbons (Fsp3) is 0.0625. The molecule has 0 atom stereocenters. The lowest BCUT2D eigenvalue weighted by atomic mass is 10.2. The SMILES string of the molecule is Cc1ccc(S(=O)(=O)Oc2ccc(I)c3cccnc23)cc1. The largest absolute Gasteiger partial charge is 0.377 e. The average Bonchev–Trinajstić information content (AvgIpc) is 2.51. The maximum atomic E-state index is 12.4. The molecule has 0 unspecified atom stereocenters. The predicted octanol–water partition coefficient (Wildman–Crippen LogP) is 3.92. The Morgan fingerprint density at radius 1 is 1.05 bits per heavy atom. The van der Waals surface area contributed by atoms with Gasteiger partial charge in [-0.15, -0.1) is 0 Å². The van der Waals surface area contributed by atoms with E-state index < -0.39 is 10.1 Å². The van der Waals surface area contributed by atoms with Crippen molar-refractivity contribution in [2.45, 2.75) is 11.8 Å². The molecule has 0 bridgehead atoms. The second-order valence-electron chi connectivity index (χ2n) is 4.80. The highest BCUT2D eigenvalue weighted by Gasteiger charge is 2.18. The van der Waals surface area contributed by atoms with E-state index in [0.717, 1.165) is 14.5 Å². The molecule has 3 aromatic rings. The number of hydrogen-bond acceptors (Lipinski definition) is 4. The van der Waals surface area contributed by atoms with Crippen LogP contribution < -0.4 is 4.18 Å². The molecular weight excluding hydrogens is 413 g/mol. The summed E-state index contributed by atoms with van der Waals surface area (Å²) in [7, 11) is -3.88. The maximum absolute atomic E-state index is 12.4. The molecule has 0 fully saturated rings. The molecule has 0 aliphatic rings. The van der Waals surface area contributed by atoms with Gasteiger partial charge in [0.2, 0.25) is 0 Å². The van der Waals surface area contributed by atoms with E-state index in [1.807, 2.05) is 25.1 Å². The molecule has 0 N–H and O–H groups in total. The molecule has 4 nitrogen and oxygen atoms in total. The number of pyridine rings is 1. The summed E-state index contributed by atoms with van der Waals surface area (Å²) in [4.78, 5) is 4.37. The van der Waals surface area contributed by atoms with Crippen molar-refractivity contribution in [3.05, 3.63) is 63.9 Å². The van der Waals surface area contributed by atoms with Gasteiger partial charge in [-0.1, -0.05) is 23.8 Å². The molecule has 0 radical (unpaired) electrons. The zero-order valence-electron chi connectivity index (χ0n) is 11.7. The first-order valence-electron chi connectivity index (χ1n) is 6.52. The molecule has 0 saturated heterocycles. The zero-order valence-corrected chi connectivity index (χ0v) is 14.6. The average molecular weight is 425 g/mol. The van der Waals surface area contributed by atoms with Gasteiger partial charge in [0.25, 0.3) is 0 Å². The van der Waals surface area contributed by atoms with E-state index in [-0.39, 0.29) is 10.6 Å². The summed E-state index contributed by atoms with van der Waals surface area (Å²) in [5.74, 6) is 0.233. The predicted molar refractivity (Wildman–Crippen MR) is 93.5 cm³/mol. The molecule has 3 rings (SSSR count). The first-order chi connectivity index (χ1) is 10.5. The molecule has 0 aliphatic carbocycles. The summed E-state index contributed by atoms with van der Waals surface area (Å²) in [5.41, 5.74) is 1.52. The molecule has 22 heavy (non-hydrogen) atoms. The summed E-state index contributed by atoms with van der Waals surface area (Å²) in [5, 5.41) is 0.861. The van der Waals surface area contributed by atoms with Gasteiger partial charge in [0.1, 0.15) is 10.4 Å². The fourth-order valence-electron chi connectivity index (χ4n) is 2.05. The van der Waals surface area contributed by atoms with E-state index in [1.165, 1.54) is 12.1 Å². The van der Waals surface area contributed by atoms with Gasteiger partial charge in [0.15, 0.2) is 5.75 Å². The van der Waals surface area contributed by atoms with Crippen molar-refractivity contribution in [3.8, 4) is 5.75 Å². The Bertz CT molecular complexity index is 937. The standard InChI is InChI=1S/C16H12INO3S/c1-11-4-6-12(7-5-11)22(19,20)21-15-9-8-14(17)13-3-2-10-18-16(13)15/h2-10H,1H3. The number of benzene rings is 2. The Labute approximate surface area is 142 Å². The number of halogens is 1. The third-order valence-electron chi connectivity index (χ3n) is 3.19. The minimum atomic E-state index is -3.88. The van der Waals surface area contributed by atoms with E-state index >= 15 is 0 Å². The van der Waals surface area contributed by atoms with Gasteiger partial charge >= 0.3 is 10.1 Å². The molecule has 2 aromatic carbocycles. The van der Waals surface area contributed by atoms with Crippen LogP contribution in [0.4, 0.5) is 0 Å². The van der Waals surface area contributed by atoms with Crippen LogP contribution in [0.5, 0.6) is 5.75 Å². The lowest BCUT2D eigenvalue weighted by molar-refractivity contribution is 0.488. The van der Waals surface area contributed by atoms with Gasteiger partial charge in [-0.05, 0) is 59.8 Å². The number of hydrogen-bond donors (Lipinski definition) is 0.